The number of hydrogen-bond donors (Lipinski definition) is 1. The molecule has 1 fully saturated rings. The highest BCUT2D eigenvalue weighted by Crippen LogP contribution is 2.19. The first-order valence-electron chi connectivity index (χ1n) is 9.99. The summed E-state index contributed by atoms with van der Waals surface area (Å²) in [6, 6.07) is 16.2. The first-order chi connectivity index (χ1) is 14.4. The smallest absolute Gasteiger partial charge is 0.287 e. The lowest BCUT2D eigenvalue weighted by Crippen LogP contribution is -2.50. The zero-order chi connectivity index (χ0) is 21.1. The molecule has 0 bridgehead atoms. The summed E-state index contributed by atoms with van der Waals surface area (Å²) < 4.78 is 32.7. The topological polar surface area (TPSA) is 82.9 Å². The van der Waals surface area contributed by atoms with E-state index in [1.54, 1.807) is 18.2 Å². The molecule has 158 valence electrons. The number of furan rings is 1. The molecule has 2 heterocycles. The molecule has 0 atom stereocenters. The Hall–Kier alpha value is -2.68. The fraction of sp³-hybridized carbons (Fsp3) is 0.318. The molecule has 1 aliphatic heterocycles. The molecular weight excluding hydrogens is 402 g/mol. The Labute approximate surface area is 176 Å². The summed E-state index contributed by atoms with van der Waals surface area (Å²) >= 11 is 0. The van der Waals surface area contributed by atoms with E-state index in [-0.39, 0.29) is 5.91 Å². The minimum absolute atomic E-state index is 0.244. The Morgan fingerprint density at radius 1 is 1.03 bits per heavy atom. The van der Waals surface area contributed by atoms with E-state index < -0.39 is 10.0 Å². The molecule has 3 aromatic rings. The molecule has 0 spiro atoms. The highest BCUT2D eigenvalue weighted by molar-refractivity contribution is 7.89. The SMILES string of the molecule is Cc1ccc(S(=O)(=O)N2CCN(CCNC(=O)c3cc4ccccc4o3)CC2)cc1. The molecule has 1 saturated heterocycles. The van der Waals surface area contributed by atoms with Crippen LogP contribution in [0.2, 0.25) is 0 Å². The fourth-order valence-corrected chi connectivity index (χ4v) is 4.98. The number of carbonyl (C=O) groups excluding carboxylic acids is 1. The number of aryl methyl sites for hydroxylation is 1. The quantitative estimate of drug-likeness (QED) is 0.654. The van der Waals surface area contributed by atoms with E-state index >= 15 is 0 Å². The average Bonchev–Trinajstić information content (AvgIpc) is 3.19. The van der Waals surface area contributed by atoms with Crippen LogP contribution in [0.15, 0.2) is 63.9 Å². The van der Waals surface area contributed by atoms with Gasteiger partial charge in [0, 0.05) is 44.7 Å². The summed E-state index contributed by atoms with van der Waals surface area (Å²) in [5.41, 5.74) is 1.72. The van der Waals surface area contributed by atoms with Crippen LogP contribution in [0.5, 0.6) is 0 Å². The van der Waals surface area contributed by atoms with Crippen molar-refractivity contribution in [1.29, 1.82) is 0 Å². The number of nitrogens with one attached hydrogen (secondary N) is 1. The number of fused-ring (bicyclic) bond motifs is 1. The molecule has 0 unspecified atom stereocenters. The number of carbonyl (C=O) groups is 1. The van der Waals surface area contributed by atoms with Gasteiger partial charge in [-0.1, -0.05) is 35.9 Å². The van der Waals surface area contributed by atoms with Crippen LogP contribution in [0.4, 0.5) is 0 Å². The van der Waals surface area contributed by atoms with Crippen LogP contribution in [0.1, 0.15) is 16.1 Å². The van der Waals surface area contributed by atoms with Crippen LogP contribution in [-0.2, 0) is 10.0 Å². The summed E-state index contributed by atoms with van der Waals surface area (Å²) in [5, 5.41) is 3.77. The molecule has 1 aliphatic rings. The Bertz CT molecular complexity index is 1100. The van der Waals surface area contributed by atoms with Crippen molar-refractivity contribution in [2.24, 2.45) is 0 Å². The Balaban J connectivity index is 1.26. The number of hydrogen-bond acceptors (Lipinski definition) is 5. The lowest BCUT2D eigenvalue weighted by Gasteiger charge is -2.33. The lowest BCUT2D eigenvalue weighted by molar-refractivity contribution is 0.0919. The van der Waals surface area contributed by atoms with Gasteiger partial charge in [0.05, 0.1) is 4.90 Å². The predicted octanol–water partition coefficient (Wildman–Crippen LogP) is 2.48. The summed E-state index contributed by atoms with van der Waals surface area (Å²) in [6.45, 7) is 5.20. The molecule has 1 amide bonds. The maximum Gasteiger partial charge on any atom is 0.287 e. The van der Waals surface area contributed by atoms with E-state index in [1.165, 1.54) is 4.31 Å². The maximum atomic E-state index is 12.8. The summed E-state index contributed by atoms with van der Waals surface area (Å²) in [7, 11) is -3.46. The van der Waals surface area contributed by atoms with Gasteiger partial charge in [0.25, 0.3) is 5.91 Å². The zero-order valence-electron chi connectivity index (χ0n) is 16.9. The van der Waals surface area contributed by atoms with E-state index in [0.29, 0.717) is 55.5 Å². The van der Waals surface area contributed by atoms with Crippen molar-refractivity contribution in [1.82, 2.24) is 14.5 Å². The molecule has 7 nitrogen and oxygen atoms in total. The van der Waals surface area contributed by atoms with E-state index in [1.807, 2.05) is 43.3 Å². The van der Waals surface area contributed by atoms with Gasteiger partial charge in [0.2, 0.25) is 10.0 Å². The number of nitrogens with zero attached hydrogens (tertiary/aromatic N) is 2. The Morgan fingerprint density at radius 2 is 1.73 bits per heavy atom. The molecular formula is C22H25N3O4S. The minimum atomic E-state index is -3.46. The number of rotatable bonds is 6. The van der Waals surface area contributed by atoms with Crippen LogP contribution in [-0.4, -0.2) is 62.8 Å². The van der Waals surface area contributed by atoms with Crippen LogP contribution in [0.3, 0.4) is 0 Å². The van der Waals surface area contributed by atoms with Crippen molar-refractivity contribution in [3.05, 3.63) is 65.9 Å². The van der Waals surface area contributed by atoms with Crippen molar-refractivity contribution < 1.29 is 17.6 Å². The van der Waals surface area contributed by atoms with E-state index in [2.05, 4.69) is 10.2 Å². The molecule has 0 saturated carbocycles. The molecule has 0 radical (unpaired) electrons. The van der Waals surface area contributed by atoms with E-state index in [4.69, 9.17) is 4.42 Å². The van der Waals surface area contributed by atoms with Gasteiger partial charge in [-0.3, -0.25) is 9.69 Å². The molecule has 1 aromatic heterocycles. The van der Waals surface area contributed by atoms with Crippen LogP contribution < -0.4 is 5.32 Å². The third kappa shape index (κ3) is 4.40. The second kappa shape index (κ2) is 8.59. The lowest BCUT2D eigenvalue weighted by atomic mass is 10.2. The molecule has 0 aliphatic carbocycles. The van der Waals surface area contributed by atoms with E-state index in [0.717, 1.165) is 10.9 Å². The zero-order valence-corrected chi connectivity index (χ0v) is 17.7. The second-order valence-corrected chi connectivity index (χ2v) is 9.40. The van der Waals surface area contributed by atoms with Gasteiger partial charge < -0.3 is 9.73 Å². The summed E-state index contributed by atoms with van der Waals surface area (Å²) in [5.74, 6) is 0.0528. The van der Waals surface area contributed by atoms with Gasteiger partial charge in [-0.05, 0) is 31.2 Å². The van der Waals surface area contributed by atoms with Crippen LogP contribution in [0.25, 0.3) is 11.0 Å². The van der Waals surface area contributed by atoms with Gasteiger partial charge in [-0.15, -0.1) is 0 Å². The monoisotopic (exact) mass is 427 g/mol. The van der Waals surface area contributed by atoms with Crippen molar-refractivity contribution in [3.8, 4) is 0 Å². The van der Waals surface area contributed by atoms with Gasteiger partial charge in [-0.25, -0.2) is 8.42 Å². The first kappa shape index (κ1) is 20.6. The second-order valence-electron chi connectivity index (χ2n) is 7.46. The maximum absolute atomic E-state index is 12.8. The Morgan fingerprint density at radius 3 is 2.43 bits per heavy atom. The van der Waals surface area contributed by atoms with Crippen molar-refractivity contribution in [3.63, 3.8) is 0 Å². The number of amides is 1. The van der Waals surface area contributed by atoms with Crippen LogP contribution in [0, 0.1) is 6.92 Å². The molecule has 8 heteroatoms. The first-order valence-corrected chi connectivity index (χ1v) is 11.4. The Kier molecular flexibility index (Phi) is 5.90. The van der Waals surface area contributed by atoms with Gasteiger partial charge in [0.1, 0.15) is 5.58 Å². The third-order valence-corrected chi connectivity index (χ3v) is 7.27. The highest BCUT2D eigenvalue weighted by Gasteiger charge is 2.28. The average molecular weight is 428 g/mol. The third-order valence-electron chi connectivity index (χ3n) is 5.35. The van der Waals surface area contributed by atoms with Crippen molar-refractivity contribution in [2.75, 3.05) is 39.3 Å². The summed E-state index contributed by atoms with van der Waals surface area (Å²) in [4.78, 5) is 14.8. The highest BCUT2D eigenvalue weighted by atomic mass is 32.2. The summed E-state index contributed by atoms with van der Waals surface area (Å²) in [6.07, 6.45) is 0. The predicted molar refractivity (Wildman–Crippen MR) is 115 cm³/mol. The largest absolute Gasteiger partial charge is 0.451 e. The van der Waals surface area contributed by atoms with Gasteiger partial charge >= 0.3 is 0 Å². The van der Waals surface area contributed by atoms with Crippen molar-refractivity contribution in [2.45, 2.75) is 11.8 Å². The minimum Gasteiger partial charge on any atom is -0.451 e. The normalized spacial score (nSPS) is 16.0. The standard InChI is InChI=1S/C22H25N3O4S/c1-17-6-8-19(9-7-17)30(27,28)25-14-12-24(13-15-25)11-10-23-22(26)21-16-18-4-2-3-5-20(18)29-21/h2-9,16H,10-15H2,1H3,(H,23,26). The number of sulfonamides is 1. The number of benzene rings is 2. The van der Waals surface area contributed by atoms with Gasteiger partial charge in [-0.2, -0.15) is 4.31 Å². The van der Waals surface area contributed by atoms with Crippen molar-refractivity contribution >= 4 is 26.9 Å². The number of para-hydroxylation sites is 1. The molecule has 2 aromatic carbocycles. The number of piperazine rings is 1. The molecule has 4 rings (SSSR count). The molecule has 1 N–H and O–H groups in total. The molecule has 30 heavy (non-hydrogen) atoms. The fourth-order valence-electron chi connectivity index (χ4n) is 3.56. The van der Waals surface area contributed by atoms with E-state index in [9.17, 15) is 13.2 Å². The van der Waals surface area contributed by atoms with Crippen LogP contribution >= 0.6 is 0 Å². The van der Waals surface area contributed by atoms with Gasteiger partial charge in [0.15, 0.2) is 5.76 Å².